The standard InChI is InChI=1S/C13H15NO3/c1-9-5-10(2)7-11(6-9)14-13(15)12-8-16-3-4-17-12/h5-8H,3-4H2,1-2H3,(H,14,15). The van der Waals surface area contributed by atoms with Crippen LogP contribution in [-0.2, 0) is 14.3 Å². The molecule has 0 spiro atoms. The lowest BCUT2D eigenvalue weighted by Crippen LogP contribution is -2.21. The van der Waals surface area contributed by atoms with Crippen LogP contribution in [0, 0.1) is 13.8 Å². The van der Waals surface area contributed by atoms with Crippen LogP contribution in [0.2, 0.25) is 0 Å². The Balaban J connectivity index is 2.09. The summed E-state index contributed by atoms with van der Waals surface area (Å²) in [5.74, 6) is -0.0647. The Morgan fingerprint density at radius 3 is 2.47 bits per heavy atom. The molecule has 0 atom stereocenters. The van der Waals surface area contributed by atoms with Gasteiger partial charge in [0.15, 0.2) is 0 Å². The van der Waals surface area contributed by atoms with E-state index in [0.29, 0.717) is 13.2 Å². The summed E-state index contributed by atoms with van der Waals surface area (Å²) in [7, 11) is 0. The maximum atomic E-state index is 11.8. The Morgan fingerprint density at radius 1 is 1.18 bits per heavy atom. The summed E-state index contributed by atoms with van der Waals surface area (Å²) >= 11 is 0. The van der Waals surface area contributed by atoms with Crippen molar-refractivity contribution in [1.82, 2.24) is 0 Å². The third-order valence-electron chi connectivity index (χ3n) is 2.35. The van der Waals surface area contributed by atoms with Gasteiger partial charge in [-0.3, -0.25) is 4.79 Å². The zero-order chi connectivity index (χ0) is 12.3. The second kappa shape index (κ2) is 4.91. The Kier molecular flexibility index (Phi) is 3.32. The molecule has 1 heterocycles. The summed E-state index contributed by atoms with van der Waals surface area (Å²) in [5.41, 5.74) is 2.98. The van der Waals surface area contributed by atoms with Gasteiger partial charge in [-0.15, -0.1) is 0 Å². The van der Waals surface area contributed by atoms with Gasteiger partial charge in [0, 0.05) is 5.69 Å². The molecule has 4 heteroatoms. The summed E-state index contributed by atoms with van der Waals surface area (Å²) in [6.07, 6.45) is 1.35. The highest BCUT2D eigenvalue weighted by Gasteiger charge is 2.15. The van der Waals surface area contributed by atoms with Crippen LogP contribution in [0.5, 0.6) is 0 Å². The highest BCUT2D eigenvalue weighted by atomic mass is 16.6. The number of anilines is 1. The summed E-state index contributed by atoms with van der Waals surface area (Å²) in [5, 5.41) is 2.78. The predicted molar refractivity (Wildman–Crippen MR) is 64.5 cm³/mol. The van der Waals surface area contributed by atoms with Gasteiger partial charge < -0.3 is 14.8 Å². The molecule has 17 heavy (non-hydrogen) atoms. The van der Waals surface area contributed by atoms with Gasteiger partial charge in [-0.25, -0.2) is 0 Å². The molecule has 0 aromatic heterocycles. The molecule has 1 aliphatic rings. The Labute approximate surface area is 100 Å². The molecule has 0 saturated carbocycles. The van der Waals surface area contributed by atoms with Crippen LogP contribution in [0.4, 0.5) is 5.69 Å². The quantitative estimate of drug-likeness (QED) is 0.851. The van der Waals surface area contributed by atoms with Gasteiger partial charge in [0.2, 0.25) is 5.76 Å². The fourth-order valence-corrected chi connectivity index (χ4v) is 1.73. The number of amides is 1. The summed E-state index contributed by atoms with van der Waals surface area (Å²) in [4.78, 5) is 11.8. The number of carbonyl (C=O) groups is 1. The van der Waals surface area contributed by atoms with Gasteiger partial charge in [0.1, 0.15) is 19.5 Å². The molecule has 0 bridgehead atoms. The van der Waals surface area contributed by atoms with Crippen molar-refractivity contribution in [3.05, 3.63) is 41.3 Å². The molecule has 1 aliphatic heterocycles. The van der Waals surface area contributed by atoms with Gasteiger partial charge in [-0.1, -0.05) is 6.07 Å². The molecule has 1 aromatic carbocycles. The van der Waals surface area contributed by atoms with E-state index in [-0.39, 0.29) is 11.7 Å². The average molecular weight is 233 g/mol. The van der Waals surface area contributed by atoms with Crippen molar-refractivity contribution in [3.63, 3.8) is 0 Å². The van der Waals surface area contributed by atoms with E-state index in [2.05, 4.69) is 11.4 Å². The first-order valence-corrected chi connectivity index (χ1v) is 5.49. The summed E-state index contributed by atoms with van der Waals surface area (Å²) in [6, 6.07) is 5.87. The molecule has 0 aliphatic carbocycles. The van der Waals surface area contributed by atoms with E-state index in [4.69, 9.17) is 9.47 Å². The summed E-state index contributed by atoms with van der Waals surface area (Å²) in [6.45, 7) is 4.87. The van der Waals surface area contributed by atoms with Crippen molar-refractivity contribution >= 4 is 11.6 Å². The molecule has 1 amide bonds. The molecule has 2 rings (SSSR count). The van der Waals surface area contributed by atoms with E-state index in [9.17, 15) is 4.79 Å². The van der Waals surface area contributed by atoms with Crippen LogP contribution in [-0.4, -0.2) is 19.1 Å². The molecule has 0 fully saturated rings. The SMILES string of the molecule is Cc1cc(C)cc(NC(=O)C2=COCCO2)c1. The van der Waals surface area contributed by atoms with Gasteiger partial charge in [0.05, 0.1) is 0 Å². The van der Waals surface area contributed by atoms with E-state index in [1.165, 1.54) is 6.26 Å². The molecular weight excluding hydrogens is 218 g/mol. The van der Waals surface area contributed by atoms with Crippen molar-refractivity contribution in [2.24, 2.45) is 0 Å². The molecule has 0 unspecified atom stereocenters. The first kappa shape index (κ1) is 11.5. The second-order valence-electron chi connectivity index (χ2n) is 4.03. The van der Waals surface area contributed by atoms with Crippen LogP contribution in [0.25, 0.3) is 0 Å². The van der Waals surface area contributed by atoms with Crippen molar-refractivity contribution in [2.75, 3.05) is 18.5 Å². The minimum Gasteiger partial charge on any atom is -0.494 e. The van der Waals surface area contributed by atoms with Gasteiger partial charge in [0.25, 0.3) is 5.91 Å². The zero-order valence-corrected chi connectivity index (χ0v) is 9.95. The third kappa shape index (κ3) is 3.00. The van der Waals surface area contributed by atoms with Crippen LogP contribution in [0.15, 0.2) is 30.2 Å². The maximum absolute atomic E-state index is 11.8. The molecular formula is C13H15NO3. The number of ether oxygens (including phenoxy) is 2. The minimum atomic E-state index is -0.283. The largest absolute Gasteiger partial charge is 0.494 e. The average Bonchev–Trinajstić information content (AvgIpc) is 2.28. The lowest BCUT2D eigenvalue weighted by molar-refractivity contribution is -0.117. The van der Waals surface area contributed by atoms with Crippen molar-refractivity contribution in [1.29, 1.82) is 0 Å². The van der Waals surface area contributed by atoms with E-state index in [1.807, 2.05) is 26.0 Å². The summed E-state index contributed by atoms with van der Waals surface area (Å²) < 4.78 is 10.2. The van der Waals surface area contributed by atoms with E-state index in [0.717, 1.165) is 16.8 Å². The number of hydrogen-bond donors (Lipinski definition) is 1. The van der Waals surface area contributed by atoms with Crippen LogP contribution in [0.1, 0.15) is 11.1 Å². The van der Waals surface area contributed by atoms with Crippen molar-refractivity contribution in [2.45, 2.75) is 13.8 Å². The zero-order valence-electron chi connectivity index (χ0n) is 9.95. The van der Waals surface area contributed by atoms with Crippen molar-refractivity contribution < 1.29 is 14.3 Å². The van der Waals surface area contributed by atoms with E-state index >= 15 is 0 Å². The highest BCUT2D eigenvalue weighted by molar-refractivity contribution is 6.02. The Bertz CT molecular complexity index is 445. The monoisotopic (exact) mass is 233 g/mol. The molecule has 4 nitrogen and oxygen atoms in total. The first-order chi connectivity index (χ1) is 8.15. The molecule has 0 saturated heterocycles. The second-order valence-corrected chi connectivity index (χ2v) is 4.03. The number of hydrogen-bond acceptors (Lipinski definition) is 3. The van der Waals surface area contributed by atoms with Crippen LogP contribution < -0.4 is 5.32 Å². The number of nitrogens with one attached hydrogen (secondary N) is 1. The topological polar surface area (TPSA) is 47.6 Å². The van der Waals surface area contributed by atoms with E-state index < -0.39 is 0 Å². The van der Waals surface area contributed by atoms with Crippen LogP contribution in [0.3, 0.4) is 0 Å². The molecule has 90 valence electrons. The lowest BCUT2D eigenvalue weighted by Gasteiger charge is -2.15. The highest BCUT2D eigenvalue weighted by Crippen LogP contribution is 2.15. The Morgan fingerprint density at radius 2 is 1.88 bits per heavy atom. The number of rotatable bonds is 2. The van der Waals surface area contributed by atoms with Gasteiger partial charge in [-0.2, -0.15) is 0 Å². The van der Waals surface area contributed by atoms with Crippen molar-refractivity contribution in [3.8, 4) is 0 Å². The smallest absolute Gasteiger partial charge is 0.294 e. The maximum Gasteiger partial charge on any atom is 0.294 e. The fraction of sp³-hybridized carbons (Fsp3) is 0.308. The first-order valence-electron chi connectivity index (χ1n) is 5.49. The number of aryl methyl sites for hydroxylation is 2. The third-order valence-corrected chi connectivity index (χ3v) is 2.35. The normalized spacial score (nSPS) is 14.4. The predicted octanol–water partition coefficient (Wildman–Crippen LogP) is 2.13. The molecule has 0 radical (unpaired) electrons. The molecule has 1 N–H and O–H groups in total. The lowest BCUT2D eigenvalue weighted by atomic mass is 10.1. The van der Waals surface area contributed by atoms with E-state index in [1.54, 1.807) is 0 Å². The fourth-order valence-electron chi connectivity index (χ4n) is 1.73. The van der Waals surface area contributed by atoms with Crippen LogP contribution >= 0.6 is 0 Å². The minimum absolute atomic E-state index is 0.218. The van der Waals surface area contributed by atoms with Gasteiger partial charge in [-0.05, 0) is 37.1 Å². The molecule has 1 aromatic rings. The number of benzene rings is 1. The Hall–Kier alpha value is -1.97. The number of carbonyl (C=O) groups excluding carboxylic acids is 1. The van der Waals surface area contributed by atoms with Gasteiger partial charge >= 0.3 is 0 Å².